The van der Waals surface area contributed by atoms with E-state index in [4.69, 9.17) is 29.8 Å². The molecule has 378 valence electrons. The number of hydrogen-bond donors (Lipinski definition) is 6. The predicted octanol–water partition coefficient (Wildman–Crippen LogP) is 10.2. The summed E-state index contributed by atoms with van der Waals surface area (Å²) in [5, 5.41) is 38.3. The molecule has 0 unspecified atom stereocenters. The summed E-state index contributed by atoms with van der Waals surface area (Å²) in [5.74, 6) is -3.07. The van der Waals surface area contributed by atoms with Crippen molar-refractivity contribution in [2.45, 2.75) is 182 Å². The Labute approximate surface area is 421 Å². The molecule has 2 aliphatic rings. The molecule has 0 spiro atoms. The predicted molar refractivity (Wildman–Crippen MR) is 278 cm³/mol. The first-order valence-corrected chi connectivity index (χ1v) is 24.9. The Morgan fingerprint density at radius 3 is 1.12 bits per heavy atom. The molecule has 0 aliphatic carbocycles. The van der Waals surface area contributed by atoms with E-state index in [0.29, 0.717) is 0 Å². The molecule has 0 bridgehead atoms. The zero-order chi connectivity index (χ0) is 49.0. The van der Waals surface area contributed by atoms with Gasteiger partial charge in [0, 0.05) is 52.0 Å². The molecule has 0 aromatic heterocycles. The number of rotatable bonds is 14. The number of aliphatic imine (C=N–C) groups is 2. The van der Waals surface area contributed by atoms with Crippen molar-refractivity contribution in [2.24, 2.45) is 9.98 Å². The van der Waals surface area contributed by atoms with E-state index in [1.807, 2.05) is 12.4 Å². The molecule has 0 amide bonds. The number of carbonyl (C=O) groups is 2. The molecule has 3 aromatic rings. The SMILES string of the molecule is CC(C)(C)c1cc(C=Nc2cc(CCCC[NH+]3CCCCC3)c(CCCC[NH+]3CCCCC3)cc2N=Cc2cc(C(C)(C)C)cc(C(C)(C)C)c2O)c(O)c(C(C)(C)C)c1.O=C(O)C(=O)O.[CH3-].[Cr]. The maximum atomic E-state index is 11.7. The van der Waals surface area contributed by atoms with Gasteiger partial charge in [-0.15, -0.1) is 0 Å². The van der Waals surface area contributed by atoms with Crippen LogP contribution in [0.5, 0.6) is 11.5 Å². The van der Waals surface area contributed by atoms with Gasteiger partial charge in [0.1, 0.15) is 11.5 Å². The van der Waals surface area contributed by atoms with Gasteiger partial charge in [0.25, 0.3) is 0 Å². The van der Waals surface area contributed by atoms with Gasteiger partial charge >= 0.3 is 11.9 Å². The molecule has 0 atom stereocenters. The summed E-state index contributed by atoms with van der Waals surface area (Å²) in [5.41, 5.74) is 9.32. The Morgan fingerprint density at radius 2 is 0.838 bits per heavy atom. The third-order valence-corrected chi connectivity index (χ3v) is 13.4. The van der Waals surface area contributed by atoms with Crippen LogP contribution in [0.1, 0.15) is 192 Å². The van der Waals surface area contributed by atoms with Gasteiger partial charge in [0.15, 0.2) is 0 Å². The van der Waals surface area contributed by atoms with E-state index in [1.165, 1.54) is 113 Å². The van der Waals surface area contributed by atoms with Gasteiger partial charge in [0.05, 0.1) is 50.6 Å². The average molecular weight is 978 g/mol. The van der Waals surface area contributed by atoms with Gasteiger partial charge in [-0.25, -0.2) is 9.59 Å². The number of aromatic hydroxyl groups is 2. The van der Waals surface area contributed by atoms with Gasteiger partial charge in [-0.2, -0.15) is 0 Å². The second-order valence-corrected chi connectivity index (χ2v) is 23.2. The Kier molecular flexibility index (Phi) is 23.2. The van der Waals surface area contributed by atoms with Crippen LogP contribution in [0.25, 0.3) is 0 Å². The molecule has 68 heavy (non-hydrogen) atoms. The van der Waals surface area contributed by atoms with Crippen LogP contribution in [-0.2, 0) is 61.5 Å². The largest absolute Gasteiger partial charge is 0.507 e. The number of unbranched alkanes of at least 4 members (excludes halogenated alkanes) is 2. The minimum absolute atomic E-state index is 0. The second-order valence-electron chi connectivity index (χ2n) is 23.2. The molecule has 2 saturated heterocycles. The number of nitrogens with zero attached hydrogens (tertiary/aromatic N) is 2. The standard InChI is InChI=1S/C54H82N4O2.C2H2O4.CH3.Cr/c1-51(2,3)43-31-41(49(59)45(35-43)53(7,8)9)37-55-47-33-39(23-15-21-29-57-25-17-13-18-26-57)40(24-16-22-30-58-27-19-14-20-28-58)34-48(47)56-38-42-32-44(52(4,5)6)36-46(50(42)60)54(10,11)12;3-1(4)2(5)6;;/h31-38,59-60H,13-30H2,1-12H3;(H,3,4)(H,5,6);1H3;/q;;-1;/p+2. The number of carboxylic acids is 2. The minimum Gasteiger partial charge on any atom is -0.507 e. The van der Waals surface area contributed by atoms with Crippen LogP contribution < -0.4 is 9.80 Å². The Hall–Kier alpha value is -4.01. The van der Waals surface area contributed by atoms with Crippen LogP contribution in [-0.4, -0.2) is 84.1 Å². The summed E-state index contributed by atoms with van der Waals surface area (Å²) in [6.07, 6.45) is 18.8. The number of hydrogen-bond acceptors (Lipinski definition) is 6. The molecule has 2 heterocycles. The maximum absolute atomic E-state index is 11.7. The fourth-order valence-corrected chi connectivity index (χ4v) is 9.12. The number of aliphatic carboxylic acids is 2. The molecule has 0 saturated carbocycles. The van der Waals surface area contributed by atoms with E-state index in [2.05, 4.69) is 119 Å². The summed E-state index contributed by atoms with van der Waals surface area (Å²) in [6, 6.07) is 13.1. The van der Waals surface area contributed by atoms with Crippen molar-refractivity contribution < 1.29 is 57.2 Å². The van der Waals surface area contributed by atoms with Crippen molar-refractivity contribution in [3.8, 4) is 11.5 Å². The molecule has 5 rings (SSSR count). The Bertz CT molecular complexity index is 2010. The first kappa shape index (κ1) is 60.1. The molecule has 10 nitrogen and oxygen atoms in total. The molecular weight excluding hydrogens is 889 g/mol. The van der Waals surface area contributed by atoms with Gasteiger partial charge in [0.2, 0.25) is 0 Å². The van der Waals surface area contributed by atoms with Crippen molar-refractivity contribution in [1.29, 1.82) is 0 Å². The van der Waals surface area contributed by atoms with Crippen LogP contribution in [0.3, 0.4) is 0 Å². The number of aryl methyl sites for hydroxylation is 2. The zero-order valence-electron chi connectivity index (χ0n) is 44.3. The summed E-state index contributed by atoms with van der Waals surface area (Å²) in [6.45, 7) is 34.1. The molecule has 0 radical (unpaired) electrons. The van der Waals surface area contributed by atoms with E-state index >= 15 is 0 Å². The smallest absolute Gasteiger partial charge is 0.414 e. The molecule has 11 heteroatoms. The number of nitrogens with one attached hydrogen (secondary N) is 2. The van der Waals surface area contributed by atoms with Gasteiger partial charge in [-0.1, -0.05) is 95.2 Å². The van der Waals surface area contributed by atoms with Crippen molar-refractivity contribution in [1.82, 2.24) is 0 Å². The van der Waals surface area contributed by atoms with E-state index < -0.39 is 11.9 Å². The number of phenolic OH excluding ortho intramolecular Hbond substituents is 2. The van der Waals surface area contributed by atoms with Crippen LogP contribution in [0.4, 0.5) is 11.4 Å². The van der Waals surface area contributed by atoms with Crippen molar-refractivity contribution in [2.75, 3.05) is 39.3 Å². The van der Waals surface area contributed by atoms with Gasteiger partial charge in [-0.3, -0.25) is 9.98 Å². The maximum Gasteiger partial charge on any atom is 0.414 e. The van der Waals surface area contributed by atoms with Gasteiger partial charge < -0.3 is 37.7 Å². The summed E-state index contributed by atoms with van der Waals surface area (Å²) < 4.78 is 0. The molecule has 6 N–H and O–H groups in total. The summed E-state index contributed by atoms with van der Waals surface area (Å²) >= 11 is 0. The molecule has 2 fully saturated rings. The third kappa shape index (κ3) is 18.4. The van der Waals surface area contributed by atoms with Crippen molar-refractivity contribution >= 4 is 35.7 Å². The Morgan fingerprint density at radius 1 is 0.515 bits per heavy atom. The number of piperidine rings is 2. The third-order valence-electron chi connectivity index (χ3n) is 13.4. The fourth-order valence-electron chi connectivity index (χ4n) is 9.12. The van der Waals surface area contributed by atoms with Gasteiger partial charge in [-0.05, 0) is 145 Å². The van der Waals surface area contributed by atoms with E-state index in [0.717, 1.165) is 59.3 Å². The quantitative estimate of drug-likeness (QED) is 0.0410. The average Bonchev–Trinajstić information content (AvgIpc) is 3.23. The van der Waals surface area contributed by atoms with E-state index in [1.54, 1.807) is 9.80 Å². The topological polar surface area (TPSA) is 149 Å². The number of likely N-dealkylation sites (tertiary alicyclic amines) is 2. The molecule has 3 aromatic carbocycles. The van der Waals surface area contributed by atoms with Crippen molar-refractivity contribution in [3.63, 3.8) is 0 Å². The summed E-state index contributed by atoms with van der Waals surface area (Å²) in [4.78, 5) is 32.2. The minimum atomic E-state index is -1.82. The van der Waals surface area contributed by atoms with Crippen LogP contribution in [0, 0.1) is 7.43 Å². The van der Waals surface area contributed by atoms with E-state index in [9.17, 15) is 10.2 Å². The monoisotopic (exact) mass is 978 g/mol. The number of benzene rings is 3. The zero-order valence-corrected chi connectivity index (χ0v) is 45.5. The molecule has 2 aliphatic heterocycles. The fraction of sp³-hybridized carbons (Fsp3) is 0.596. The summed E-state index contributed by atoms with van der Waals surface area (Å²) in [7, 11) is 0. The number of quaternary nitrogens is 2. The molecular formula is C57H89CrN4O6+. The van der Waals surface area contributed by atoms with Crippen LogP contribution >= 0.6 is 0 Å². The second kappa shape index (κ2) is 26.3. The normalized spacial score (nSPS) is 15.4. The number of carboxylic acid groups (broad SMARTS) is 2. The van der Waals surface area contributed by atoms with Crippen LogP contribution in [0.15, 0.2) is 46.4 Å². The Balaban J connectivity index is 0.00000186. The first-order valence-electron chi connectivity index (χ1n) is 24.9. The van der Waals surface area contributed by atoms with Crippen molar-refractivity contribution in [3.05, 3.63) is 88.3 Å². The van der Waals surface area contributed by atoms with E-state index in [-0.39, 0.29) is 57.9 Å². The number of phenols is 2. The first-order chi connectivity index (χ1) is 30.8. The van der Waals surface area contributed by atoms with Crippen LogP contribution in [0.2, 0.25) is 0 Å².